The van der Waals surface area contributed by atoms with Crippen molar-refractivity contribution in [2.24, 2.45) is 5.92 Å². The van der Waals surface area contributed by atoms with E-state index in [0.29, 0.717) is 18.0 Å². The molecule has 0 aromatic carbocycles. The number of rotatable bonds is 6. The molecule has 2 amide bonds. The minimum atomic E-state index is -0.118. The van der Waals surface area contributed by atoms with Crippen molar-refractivity contribution in [1.82, 2.24) is 15.2 Å². The Kier molecular flexibility index (Phi) is 5.16. The molecule has 0 fully saturated rings. The van der Waals surface area contributed by atoms with Crippen LogP contribution < -0.4 is 10.6 Å². The van der Waals surface area contributed by atoms with Gasteiger partial charge in [0.05, 0.1) is 5.69 Å². The van der Waals surface area contributed by atoms with E-state index < -0.39 is 0 Å². The molecule has 0 radical (unpaired) electrons. The highest BCUT2D eigenvalue weighted by Gasteiger charge is 2.14. The number of nitrogens with one attached hydrogen (secondary N) is 2. The first-order valence-electron chi connectivity index (χ1n) is 6.86. The van der Waals surface area contributed by atoms with E-state index in [1.807, 2.05) is 54.4 Å². The number of carbonyl (C=O) groups is 2. The maximum absolute atomic E-state index is 12.2. The normalized spacial score (nSPS) is 10.6. The molecule has 0 aliphatic rings. The highest BCUT2D eigenvalue weighted by molar-refractivity contribution is 7.12. The van der Waals surface area contributed by atoms with Crippen LogP contribution in [0.25, 0.3) is 5.69 Å². The lowest BCUT2D eigenvalue weighted by molar-refractivity contribution is -0.123. The first-order chi connectivity index (χ1) is 10.1. The largest absolute Gasteiger partial charge is 0.354 e. The second-order valence-electron chi connectivity index (χ2n) is 4.93. The molecule has 21 heavy (non-hydrogen) atoms. The number of amides is 2. The number of nitrogens with zero attached hydrogens (tertiary/aromatic N) is 1. The van der Waals surface area contributed by atoms with Gasteiger partial charge in [0, 0.05) is 31.4 Å². The summed E-state index contributed by atoms with van der Waals surface area (Å²) in [5.41, 5.74) is 0.869. The summed E-state index contributed by atoms with van der Waals surface area (Å²) in [5.74, 6) is -0.167. The minimum Gasteiger partial charge on any atom is -0.354 e. The van der Waals surface area contributed by atoms with Gasteiger partial charge in [-0.3, -0.25) is 9.59 Å². The molecule has 5 nitrogen and oxygen atoms in total. The second-order valence-corrected chi connectivity index (χ2v) is 5.84. The van der Waals surface area contributed by atoms with Crippen LogP contribution in [0.3, 0.4) is 0 Å². The quantitative estimate of drug-likeness (QED) is 0.802. The topological polar surface area (TPSA) is 63.1 Å². The van der Waals surface area contributed by atoms with E-state index in [-0.39, 0.29) is 17.7 Å². The van der Waals surface area contributed by atoms with Gasteiger partial charge in [0.1, 0.15) is 4.88 Å². The van der Waals surface area contributed by atoms with Gasteiger partial charge in [-0.2, -0.15) is 0 Å². The maximum atomic E-state index is 12.2. The summed E-state index contributed by atoms with van der Waals surface area (Å²) in [4.78, 5) is 24.2. The third-order valence-corrected chi connectivity index (χ3v) is 3.87. The Morgan fingerprint density at radius 3 is 2.52 bits per heavy atom. The van der Waals surface area contributed by atoms with Gasteiger partial charge in [0.2, 0.25) is 5.91 Å². The Morgan fingerprint density at radius 2 is 1.86 bits per heavy atom. The first kappa shape index (κ1) is 15.3. The summed E-state index contributed by atoms with van der Waals surface area (Å²) in [7, 11) is 0. The average Bonchev–Trinajstić information content (AvgIpc) is 3.11. The SMILES string of the molecule is CC(C)C(=O)NCCNC(=O)c1sccc1-n1cccc1. The van der Waals surface area contributed by atoms with E-state index in [4.69, 9.17) is 0 Å². The van der Waals surface area contributed by atoms with Crippen LogP contribution in [-0.2, 0) is 4.79 Å². The van der Waals surface area contributed by atoms with Crippen molar-refractivity contribution < 1.29 is 9.59 Å². The van der Waals surface area contributed by atoms with Crippen molar-refractivity contribution in [3.8, 4) is 5.69 Å². The molecular formula is C15H19N3O2S. The van der Waals surface area contributed by atoms with Crippen LogP contribution in [0.5, 0.6) is 0 Å². The van der Waals surface area contributed by atoms with Crippen LogP contribution in [0.2, 0.25) is 0 Å². The summed E-state index contributed by atoms with van der Waals surface area (Å²) in [6.07, 6.45) is 3.81. The Hall–Kier alpha value is -2.08. The fourth-order valence-electron chi connectivity index (χ4n) is 1.82. The van der Waals surface area contributed by atoms with Crippen molar-refractivity contribution in [3.05, 3.63) is 40.8 Å². The molecule has 0 atom stereocenters. The summed E-state index contributed by atoms with van der Waals surface area (Å²) in [5, 5.41) is 7.49. The first-order valence-corrected chi connectivity index (χ1v) is 7.74. The van der Waals surface area contributed by atoms with E-state index in [1.54, 1.807) is 0 Å². The van der Waals surface area contributed by atoms with E-state index in [0.717, 1.165) is 5.69 Å². The van der Waals surface area contributed by atoms with Crippen molar-refractivity contribution in [2.75, 3.05) is 13.1 Å². The smallest absolute Gasteiger partial charge is 0.263 e. The van der Waals surface area contributed by atoms with E-state index >= 15 is 0 Å². The molecule has 2 heterocycles. The van der Waals surface area contributed by atoms with Crippen molar-refractivity contribution in [3.63, 3.8) is 0 Å². The van der Waals surface area contributed by atoms with E-state index in [2.05, 4.69) is 10.6 Å². The molecule has 0 unspecified atom stereocenters. The van der Waals surface area contributed by atoms with Crippen LogP contribution in [-0.4, -0.2) is 29.5 Å². The number of carbonyl (C=O) groups excluding carboxylic acids is 2. The predicted octanol–water partition coefficient (Wildman–Crippen LogP) is 2.04. The Balaban J connectivity index is 1.87. The van der Waals surface area contributed by atoms with Gasteiger partial charge in [-0.25, -0.2) is 0 Å². The van der Waals surface area contributed by atoms with Gasteiger partial charge in [0.25, 0.3) is 5.91 Å². The third-order valence-electron chi connectivity index (χ3n) is 2.97. The zero-order chi connectivity index (χ0) is 15.2. The summed E-state index contributed by atoms with van der Waals surface area (Å²) >= 11 is 1.40. The second kappa shape index (κ2) is 7.08. The summed E-state index contributed by atoms with van der Waals surface area (Å²) in [6, 6.07) is 5.75. The number of thiophene rings is 1. The lowest BCUT2D eigenvalue weighted by Crippen LogP contribution is -2.36. The molecular weight excluding hydrogens is 286 g/mol. The van der Waals surface area contributed by atoms with E-state index in [1.165, 1.54) is 11.3 Å². The Labute approximate surface area is 128 Å². The van der Waals surface area contributed by atoms with Gasteiger partial charge < -0.3 is 15.2 Å². The molecule has 0 saturated heterocycles. The number of aromatic nitrogens is 1. The van der Waals surface area contributed by atoms with Gasteiger partial charge in [-0.1, -0.05) is 13.8 Å². The molecule has 0 saturated carbocycles. The molecule has 112 valence electrons. The van der Waals surface area contributed by atoms with Crippen molar-refractivity contribution >= 4 is 23.2 Å². The molecule has 0 aliphatic carbocycles. The van der Waals surface area contributed by atoms with Crippen molar-refractivity contribution in [1.29, 1.82) is 0 Å². The fourth-order valence-corrected chi connectivity index (χ4v) is 2.62. The monoisotopic (exact) mass is 305 g/mol. The van der Waals surface area contributed by atoms with Gasteiger partial charge in [-0.15, -0.1) is 11.3 Å². The number of hydrogen-bond donors (Lipinski definition) is 2. The van der Waals surface area contributed by atoms with Crippen LogP contribution in [0.4, 0.5) is 0 Å². The molecule has 0 aliphatic heterocycles. The predicted molar refractivity (Wildman–Crippen MR) is 83.8 cm³/mol. The third kappa shape index (κ3) is 3.95. The Bertz CT molecular complexity index is 602. The number of hydrogen-bond acceptors (Lipinski definition) is 3. The van der Waals surface area contributed by atoms with Crippen LogP contribution in [0.1, 0.15) is 23.5 Å². The molecule has 2 aromatic heterocycles. The molecule has 0 spiro atoms. The average molecular weight is 305 g/mol. The van der Waals surface area contributed by atoms with Crippen LogP contribution in [0.15, 0.2) is 36.0 Å². The van der Waals surface area contributed by atoms with Crippen LogP contribution >= 0.6 is 11.3 Å². The lowest BCUT2D eigenvalue weighted by Gasteiger charge is -2.09. The zero-order valence-electron chi connectivity index (χ0n) is 12.1. The van der Waals surface area contributed by atoms with Gasteiger partial charge >= 0.3 is 0 Å². The molecule has 2 N–H and O–H groups in total. The summed E-state index contributed by atoms with van der Waals surface area (Å²) < 4.78 is 1.91. The molecule has 2 rings (SSSR count). The van der Waals surface area contributed by atoms with Gasteiger partial charge in [-0.05, 0) is 23.6 Å². The molecule has 0 bridgehead atoms. The van der Waals surface area contributed by atoms with Crippen LogP contribution in [0, 0.1) is 5.92 Å². The van der Waals surface area contributed by atoms with Gasteiger partial charge in [0.15, 0.2) is 0 Å². The lowest BCUT2D eigenvalue weighted by atomic mass is 10.2. The minimum absolute atomic E-state index is 0.00611. The van der Waals surface area contributed by atoms with Crippen molar-refractivity contribution in [2.45, 2.75) is 13.8 Å². The standard InChI is InChI=1S/C15H19N3O2S/c1-11(2)14(19)16-6-7-17-15(20)13-12(5-10-21-13)18-8-3-4-9-18/h3-5,8-11H,6-7H2,1-2H3,(H,16,19)(H,17,20). The molecule has 6 heteroatoms. The molecule has 2 aromatic rings. The summed E-state index contributed by atoms with van der Waals surface area (Å²) in [6.45, 7) is 4.53. The maximum Gasteiger partial charge on any atom is 0.263 e. The highest BCUT2D eigenvalue weighted by Crippen LogP contribution is 2.20. The highest BCUT2D eigenvalue weighted by atomic mass is 32.1. The van der Waals surface area contributed by atoms with E-state index in [9.17, 15) is 9.59 Å². The fraction of sp³-hybridized carbons (Fsp3) is 0.333. The Morgan fingerprint density at radius 1 is 1.19 bits per heavy atom. The zero-order valence-corrected chi connectivity index (χ0v) is 12.9.